The second-order valence-corrected chi connectivity index (χ2v) is 11.1. The molecule has 0 bridgehead atoms. The van der Waals surface area contributed by atoms with E-state index in [0.29, 0.717) is 23.8 Å². The van der Waals surface area contributed by atoms with Gasteiger partial charge in [0.2, 0.25) is 5.78 Å². The SMILES string of the molecule is CC1=CCC[C@@H]2[C@]1(C)CCC(C)[C@@]2(C)CC1=CC(=O)C(N[C@@H](C=O)C(O)C(O)C(O)CO)=CC1=O. The Labute approximate surface area is 206 Å². The highest BCUT2D eigenvalue weighted by Crippen LogP contribution is 2.62. The molecule has 8 atom stereocenters. The van der Waals surface area contributed by atoms with Crippen LogP contribution in [0.5, 0.6) is 0 Å². The molecule has 3 aliphatic rings. The molecule has 0 aliphatic heterocycles. The zero-order chi connectivity index (χ0) is 26.1. The summed E-state index contributed by atoms with van der Waals surface area (Å²) in [5, 5.41) is 41.1. The molecule has 0 aromatic rings. The largest absolute Gasteiger partial charge is 0.394 e. The minimum absolute atomic E-state index is 0.0810. The van der Waals surface area contributed by atoms with E-state index in [1.165, 1.54) is 11.6 Å². The average molecular weight is 490 g/mol. The van der Waals surface area contributed by atoms with Gasteiger partial charge < -0.3 is 30.5 Å². The Hall–Kier alpha value is -2.13. The molecule has 0 aromatic carbocycles. The molecule has 1 fully saturated rings. The van der Waals surface area contributed by atoms with Gasteiger partial charge in [0.1, 0.15) is 30.6 Å². The highest BCUT2D eigenvalue weighted by Gasteiger charge is 2.53. The summed E-state index contributed by atoms with van der Waals surface area (Å²) in [5.74, 6) is -0.0470. The Morgan fingerprint density at radius 3 is 2.43 bits per heavy atom. The van der Waals surface area contributed by atoms with Crippen LogP contribution in [0.2, 0.25) is 0 Å². The van der Waals surface area contributed by atoms with Gasteiger partial charge in [-0.25, -0.2) is 0 Å². The number of fused-ring (bicyclic) bond motifs is 1. The third-order valence-corrected chi connectivity index (χ3v) is 9.10. The fourth-order valence-electron chi connectivity index (χ4n) is 6.40. The molecular formula is C27H39NO7. The number of carbonyl (C=O) groups is 3. The fraction of sp³-hybridized carbons (Fsp3) is 0.667. The lowest BCUT2D eigenvalue weighted by atomic mass is 9.46. The summed E-state index contributed by atoms with van der Waals surface area (Å²) in [7, 11) is 0. The third kappa shape index (κ3) is 5.07. The summed E-state index contributed by atoms with van der Waals surface area (Å²) in [5.41, 5.74) is 1.60. The van der Waals surface area contributed by atoms with Crippen molar-refractivity contribution in [1.82, 2.24) is 5.32 Å². The van der Waals surface area contributed by atoms with Gasteiger partial charge >= 0.3 is 0 Å². The Kier molecular flexibility index (Phi) is 8.21. The van der Waals surface area contributed by atoms with E-state index in [1.54, 1.807) is 0 Å². The number of nitrogens with one attached hydrogen (secondary N) is 1. The highest BCUT2D eigenvalue weighted by atomic mass is 16.4. The topological polar surface area (TPSA) is 144 Å². The van der Waals surface area contributed by atoms with Gasteiger partial charge in [-0.1, -0.05) is 32.4 Å². The van der Waals surface area contributed by atoms with Crippen LogP contribution < -0.4 is 5.32 Å². The van der Waals surface area contributed by atoms with E-state index < -0.39 is 36.7 Å². The van der Waals surface area contributed by atoms with E-state index in [1.807, 2.05) is 0 Å². The van der Waals surface area contributed by atoms with E-state index in [-0.39, 0.29) is 28.6 Å². The molecule has 3 rings (SSSR count). The van der Waals surface area contributed by atoms with E-state index >= 15 is 0 Å². The Bertz CT molecular complexity index is 953. The lowest BCUT2D eigenvalue weighted by molar-refractivity contribution is -0.121. The maximum absolute atomic E-state index is 13.1. The first-order chi connectivity index (χ1) is 16.4. The number of allylic oxidation sites excluding steroid dienone is 5. The Morgan fingerprint density at radius 2 is 1.80 bits per heavy atom. The quantitative estimate of drug-likeness (QED) is 0.186. The van der Waals surface area contributed by atoms with Crippen LogP contribution in [0.15, 0.2) is 35.1 Å². The van der Waals surface area contributed by atoms with Crippen molar-refractivity contribution in [3.8, 4) is 0 Å². The fourth-order valence-corrected chi connectivity index (χ4v) is 6.40. The van der Waals surface area contributed by atoms with Crippen molar-refractivity contribution in [1.29, 1.82) is 0 Å². The Morgan fingerprint density at radius 1 is 1.11 bits per heavy atom. The number of hydrogen-bond donors (Lipinski definition) is 5. The second-order valence-electron chi connectivity index (χ2n) is 11.1. The summed E-state index contributed by atoms with van der Waals surface area (Å²) < 4.78 is 0. The number of aliphatic hydroxyl groups is 4. The van der Waals surface area contributed by atoms with Gasteiger partial charge in [0.25, 0.3) is 0 Å². The molecule has 5 N–H and O–H groups in total. The molecule has 8 heteroatoms. The number of hydrogen-bond acceptors (Lipinski definition) is 8. The smallest absolute Gasteiger partial charge is 0.202 e. The van der Waals surface area contributed by atoms with Crippen LogP contribution >= 0.6 is 0 Å². The molecule has 1 saturated carbocycles. The van der Waals surface area contributed by atoms with Crippen molar-refractivity contribution < 1.29 is 34.8 Å². The maximum Gasteiger partial charge on any atom is 0.202 e. The number of carbonyl (C=O) groups excluding carboxylic acids is 3. The lowest BCUT2D eigenvalue weighted by Crippen LogP contribution is -2.52. The van der Waals surface area contributed by atoms with Crippen LogP contribution in [-0.4, -0.2) is 69.2 Å². The zero-order valence-corrected chi connectivity index (χ0v) is 21.0. The molecule has 8 nitrogen and oxygen atoms in total. The Balaban J connectivity index is 1.79. The van der Waals surface area contributed by atoms with Crippen molar-refractivity contribution >= 4 is 17.9 Å². The van der Waals surface area contributed by atoms with Crippen molar-refractivity contribution in [2.45, 2.75) is 84.2 Å². The molecule has 0 aromatic heterocycles. The molecular weight excluding hydrogens is 450 g/mol. The summed E-state index contributed by atoms with van der Waals surface area (Å²) in [6.07, 6.45) is 4.48. The molecule has 0 saturated heterocycles. The van der Waals surface area contributed by atoms with Crippen LogP contribution in [-0.2, 0) is 14.4 Å². The first-order valence-electron chi connectivity index (χ1n) is 12.4. The number of aliphatic hydroxyl groups excluding tert-OH is 4. The monoisotopic (exact) mass is 489 g/mol. The van der Waals surface area contributed by atoms with Gasteiger partial charge in [0, 0.05) is 11.6 Å². The van der Waals surface area contributed by atoms with Crippen LogP contribution in [0.3, 0.4) is 0 Å². The molecule has 0 heterocycles. The van der Waals surface area contributed by atoms with Crippen molar-refractivity contribution in [3.05, 3.63) is 35.1 Å². The van der Waals surface area contributed by atoms with Crippen LogP contribution in [0, 0.1) is 22.7 Å². The average Bonchev–Trinajstić information content (AvgIpc) is 2.83. The summed E-state index contributed by atoms with van der Waals surface area (Å²) in [4.78, 5) is 37.5. The van der Waals surface area contributed by atoms with E-state index in [2.05, 4.69) is 39.1 Å². The molecule has 194 valence electrons. The first kappa shape index (κ1) is 27.5. The summed E-state index contributed by atoms with van der Waals surface area (Å²) in [6.45, 7) is 8.17. The van der Waals surface area contributed by atoms with Crippen molar-refractivity contribution in [2.24, 2.45) is 22.7 Å². The van der Waals surface area contributed by atoms with Gasteiger partial charge in [0.15, 0.2) is 5.78 Å². The number of ketones is 2. The van der Waals surface area contributed by atoms with Gasteiger partial charge in [-0.15, -0.1) is 0 Å². The van der Waals surface area contributed by atoms with Gasteiger partial charge in [0.05, 0.1) is 12.3 Å². The standard InChI is InChI=1S/C27H39NO7/c1-15-6-5-7-23-26(15,3)9-8-16(2)27(23,4)12-17-10-21(32)18(11-20(17)31)28-19(13-29)24(34)25(35)22(33)14-30/h6,10-11,13,16,19,22-25,28,30,33-35H,5,7-9,12,14H2,1-4H3/t16?,19-,22?,23+,24?,25?,26+,27+/m0/s1. The van der Waals surface area contributed by atoms with E-state index in [4.69, 9.17) is 5.11 Å². The summed E-state index contributed by atoms with van der Waals surface area (Å²) >= 11 is 0. The van der Waals surface area contributed by atoms with E-state index in [9.17, 15) is 29.7 Å². The van der Waals surface area contributed by atoms with Crippen LogP contribution in [0.25, 0.3) is 0 Å². The van der Waals surface area contributed by atoms with Crippen LogP contribution in [0.4, 0.5) is 0 Å². The van der Waals surface area contributed by atoms with Gasteiger partial charge in [-0.3, -0.25) is 9.59 Å². The molecule has 4 unspecified atom stereocenters. The molecule has 35 heavy (non-hydrogen) atoms. The predicted molar refractivity (Wildman–Crippen MR) is 130 cm³/mol. The molecule has 0 spiro atoms. The molecule has 0 amide bonds. The number of aldehydes is 1. The van der Waals surface area contributed by atoms with Gasteiger partial charge in [-0.2, -0.15) is 0 Å². The van der Waals surface area contributed by atoms with Crippen LogP contribution in [0.1, 0.15) is 59.8 Å². The predicted octanol–water partition coefficient (Wildman–Crippen LogP) is 1.37. The highest BCUT2D eigenvalue weighted by molar-refractivity contribution is 6.19. The third-order valence-electron chi connectivity index (χ3n) is 9.10. The van der Waals surface area contributed by atoms with Crippen molar-refractivity contribution in [3.63, 3.8) is 0 Å². The van der Waals surface area contributed by atoms with Gasteiger partial charge in [-0.05, 0) is 67.8 Å². The normalized spacial score (nSPS) is 34.6. The molecule has 3 aliphatic carbocycles. The minimum Gasteiger partial charge on any atom is -0.394 e. The van der Waals surface area contributed by atoms with Crippen molar-refractivity contribution in [2.75, 3.05) is 6.61 Å². The second kappa shape index (κ2) is 10.5. The molecule has 0 radical (unpaired) electrons. The summed E-state index contributed by atoms with van der Waals surface area (Å²) in [6, 6.07) is -1.46. The zero-order valence-electron chi connectivity index (χ0n) is 21.0. The minimum atomic E-state index is -1.82. The van der Waals surface area contributed by atoms with E-state index in [0.717, 1.165) is 31.8 Å². The number of rotatable bonds is 9. The lowest BCUT2D eigenvalue weighted by Gasteiger charge is -2.58. The maximum atomic E-state index is 13.1. The first-order valence-corrected chi connectivity index (χ1v) is 12.4.